The van der Waals surface area contributed by atoms with Crippen molar-refractivity contribution in [1.29, 1.82) is 0 Å². The van der Waals surface area contributed by atoms with E-state index in [0.717, 1.165) is 48.0 Å². The van der Waals surface area contributed by atoms with Gasteiger partial charge in [-0.1, -0.05) is 157 Å². The van der Waals surface area contributed by atoms with Crippen molar-refractivity contribution in [3.8, 4) is 0 Å². The van der Waals surface area contributed by atoms with Crippen LogP contribution in [-0.4, -0.2) is 79.4 Å². The number of rotatable bonds is 15. The Balaban J connectivity index is 1.13. The number of ketones is 1. The molecular weight excluding hydrogens is 769 g/mol. The summed E-state index contributed by atoms with van der Waals surface area (Å²) in [6.45, 7) is 8.87. The second kappa shape index (κ2) is 20.8. The summed E-state index contributed by atoms with van der Waals surface area (Å²) < 4.78 is 7.06. The summed E-state index contributed by atoms with van der Waals surface area (Å²) in [5.74, 6) is -1.06. The van der Waals surface area contributed by atoms with Gasteiger partial charge in [-0.3, -0.25) is 24.0 Å². The number of carbonyl (C=O) groups is 5. The maximum absolute atomic E-state index is 14.2. The monoisotopic (exact) mass is 834 g/mol. The van der Waals surface area contributed by atoms with Crippen LogP contribution >= 0.6 is 0 Å². The molecule has 6 rings (SSSR count). The Morgan fingerprint density at radius 2 is 1.27 bits per heavy atom. The normalized spacial score (nSPS) is 22.8. The molecule has 0 spiro atoms. The minimum atomic E-state index is -2.91. The van der Waals surface area contributed by atoms with E-state index in [4.69, 9.17) is 4.43 Å². The molecule has 0 unspecified atom stereocenters. The van der Waals surface area contributed by atoms with Crippen LogP contribution in [0.15, 0.2) is 91.0 Å². The van der Waals surface area contributed by atoms with Gasteiger partial charge in [-0.25, -0.2) is 0 Å². The Morgan fingerprint density at radius 1 is 0.700 bits per heavy atom. The van der Waals surface area contributed by atoms with Crippen molar-refractivity contribution in [2.45, 2.75) is 153 Å². The van der Waals surface area contributed by atoms with E-state index in [-0.39, 0.29) is 40.9 Å². The van der Waals surface area contributed by atoms with Gasteiger partial charge in [0.05, 0.1) is 0 Å². The van der Waals surface area contributed by atoms with Crippen molar-refractivity contribution in [3.63, 3.8) is 0 Å². The van der Waals surface area contributed by atoms with E-state index in [9.17, 15) is 24.0 Å². The first-order valence-corrected chi connectivity index (χ1v) is 24.4. The highest BCUT2D eigenvalue weighted by atomic mass is 28.4. The van der Waals surface area contributed by atoms with E-state index in [2.05, 4.69) is 61.0 Å². The molecule has 3 fully saturated rings. The van der Waals surface area contributed by atoms with Crippen LogP contribution in [0.2, 0.25) is 5.04 Å². The number of amides is 4. The van der Waals surface area contributed by atoms with E-state index < -0.39 is 44.5 Å². The molecule has 2 heterocycles. The molecule has 2 aliphatic heterocycles. The minimum Gasteiger partial charge on any atom is -0.398 e. The summed E-state index contributed by atoms with van der Waals surface area (Å²) in [6.07, 6.45) is 9.13. The molecular formula is C49H66N4O6Si. The second-order valence-corrected chi connectivity index (χ2v) is 22.5. The van der Waals surface area contributed by atoms with Crippen LogP contribution in [0, 0.1) is 5.92 Å². The number of hydrogen-bond donors (Lipinski definition) is 3. The minimum absolute atomic E-state index is 0.0353. The van der Waals surface area contributed by atoms with Crippen LogP contribution in [0.1, 0.15) is 117 Å². The third-order valence-corrected chi connectivity index (χ3v) is 18.0. The fourth-order valence-corrected chi connectivity index (χ4v) is 14.3. The lowest BCUT2D eigenvalue weighted by atomic mass is 9.84. The highest BCUT2D eigenvalue weighted by Crippen LogP contribution is 2.38. The van der Waals surface area contributed by atoms with E-state index >= 15 is 0 Å². The Hall–Kier alpha value is -4.61. The van der Waals surface area contributed by atoms with Gasteiger partial charge in [0.15, 0.2) is 5.78 Å². The zero-order chi connectivity index (χ0) is 42.7. The zero-order valence-corrected chi connectivity index (χ0v) is 37.1. The Labute approximate surface area is 358 Å². The lowest BCUT2D eigenvalue weighted by Crippen LogP contribution is -2.68. The summed E-state index contributed by atoms with van der Waals surface area (Å²) in [7, 11) is -2.91. The first-order chi connectivity index (χ1) is 28.9. The first-order valence-electron chi connectivity index (χ1n) is 22.4. The molecule has 0 aromatic heterocycles. The quantitative estimate of drug-likeness (QED) is 0.125. The number of nitrogens with zero attached hydrogens (tertiary/aromatic N) is 1. The van der Waals surface area contributed by atoms with Gasteiger partial charge in [0.25, 0.3) is 8.32 Å². The molecule has 2 saturated heterocycles. The second-order valence-electron chi connectivity index (χ2n) is 18.3. The fraction of sp³-hybridized carbons (Fsp3) is 0.531. The summed E-state index contributed by atoms with van der Waals surface area (Å²) in [6, 6.07) is 26.9. The molecule has 3 aromatic carbocycles. The van der Waals surface area contributed by atoms with Crippen LogP contribution < -0.4 is 26.3 Å². The number of unbranched alkanes of at least 4 members (excludes halogenated alkanes) is 2. The molecule has 0 radical (unpaired) electrons. The molecule has 10 nitrogen and oxygen atoms in total. The molecule has 0 bridgehead atoms. The van der Waals surface area contributed by atoms with E-state index in [1.54, 1.807) is 4.90 Å². The maximum atomic E-state index is 14.2. The summed E-state index contributed by atoms with van der Waals surface area (Å²) >= 11 is 0. The summed E-state index contributed by atoms with van der Waals surface area (Å²) in [5.41, 5.74) is 0.902. The predicted molar refractivity (Wildman–Crippen MR) is 238 cm³/mol. The van der Waals surface area contributed by atoms with Gasteiger partial charge >= 0.3 is 0 Å². The Bertz CT molecular complexity index is 1860. The van der Waals surface area contributed by atoms with Gasteiger partial charge in [0.1, 0.15) is 30.3 Å². The molecule has 11 heteroatoms. The maximum Gasteiger partial charge on any atom is 0.262 e. The standard InChI is InChI=1S/C49H66N4O6Si/c1-35(59-60(49(2,3)4,38-25-14-7-15-26-38)39-27-16-8-17-28-39)44(54)31-19-9-18-29-40-45(55)51-41(33-36-21-10-5-11-22-36)46(56)52-42(34-37-23-12-6-13-24-37)48(58)53-32-20-30-43(53)47(57)50-40/h6-8,12-17,23-28,35-36,40-43H,5,9-11,18-22,29-34H2,1-4H3,(H,50,57)(H,51,55)(H,52,56)/t35-,40+,41-,42+,43-/m1/s1. The highest BCUT2D eigenvalue weighted by molar-refractivity contribution is 6.99. The molecule has 3 aliphatic rings. The van der Waals surface area contributed by atoms with Crippen LogP contribution in [0.4, 0.5) is 0 Å². The highest BCUT2D eigenvalue weighted by Gasteiger charge is 2.51. The Kier molecular flexibility index (Phi) is 15.6. The topological polar surface area (TPSA) is 134 Å². The number of carbonyl (C=O) groups excluding carboxylic acids is 5. The lowest BCUT2D eigenvalue weighted by Gasteiger charge is -2.44. The van der Waals surface area contributed by atoms with E-state index in [0.29, 0.717) is 57.9 Å². The first kappa shape index (κ1) is 44.9. The molecule has 1 saturated carbocycles. The molecule has 4 amide bonds. The molecule has 3 N–H and O–H groups in total. The number of nitrogens with one attached hydrogen (secondary N) is 3. The van der Waals surface area contributed by atoms with Gasteiger partial charge in [-0.05, 0) is 65.9 Å². The largest absolute Gasteiger partial charge is 0.398 e. The summed E-state index contributed by atoms with van der Waals surface area (Å²) in [4.78, 5) is 71.9. The van der Waals surface area contributed by atoms with Gasteiger partial charge in [-0.2, -0.15) is 0 Å². The average molecular weight is 835 g/mol. The van der Waals surface area contributed by atoms with Crippen molar-refractivity contribution in [1.82, 2.24) is 20.9 Å². The van der Waals surface area contributed by atoms with E-state index in [1.165, 1.54) is 0 Å². The van der Waals surface area contributed by atoms with Gasteiger partial charge in [0.2, 0.25) is 23.6 Å². The van der Waals surface area contributed by atoms with Gasteiger partial charge in [0, 0.05) is 19.4 Å². The van der Waals surface area contributed by atoms with Crippen LogP contribution in [0.3, 0.4) is 0 Å². The van der Waals surface area contributed by atoms with Crippen LogP contribution in [0.5, 0.6) is 0 Å². The lowest BCUT2D eigenvalue weighted by molar-refractivity contribution is -0.143. The fourth-order valence-electron chi connectivity index (χ4n) is 9.67. The SMILES string of the molecule is C[C@@H](O[Si](c1ccccc1)(c1ccccc1)C(C)(C)C)C(=O)CCCCC[C@@H]1NC(=O)[C@H]2CCCN2C(=O)[C@H](Cc2ccccc2)NC(=O)[C@@H](CC2CCCCC2)NC1=O. The number of hydrogen-bond acceptors (Lipinski definition) is 6. The smallest absolute Gasteiger partial charge is 0.262 e. The third kappa shape index (κ3) is 11.0. The molecule has 322 valence electrons. The van der Waals surface area contributed by atoms with Crippen molar-refractivity contribution >= 4 is 48.1 Å². The molecule has 1 aliphatic carbocycles. The summed E-state index contributed by atoms with van der Waals surface area (Å²) in [5, 5.41) is 11.1. The predicted octanol–water partition coefficient (Wildman–Crippen LogP) is 6.14. The zero-order valence-electron chi connectivity index (χ0n) is 36.1. The third-order valence-electron chi connectivity index (χ3n) is 12.9. The van der Waals surface area contributed by atoms with Crippen molar-refractivity contribution < 1.29 is 28.4 Å². The van der Waals surface area contributed by atoms with Gasteiger partial charge < -0.3 is 25.3 Å². The van der Waals surface area contributed by atoms with Gasteiger partial charge in [-0.15, -0.1) is 0 Å². The van der Waals surface area contributed by atoms with Crippen LogP contribution in [0.25, 0.3) is 0 Å². The number of fused-ring (bicyclic) bond motifs is 1. The van der Waals surface area contributed by atoms with E-state index in [1.807, 2.05) is 73.7 Å². The Morgan fingerprint density at radius 3 is 1.88 bits per heavy atom. The van der Waals surface area contributed by atoms with Crippen LogP contribution in [-0.2, 0) is 34.8 Å². The molecule has 60 heavy (non-hydrogen) atoms. The van der Waals surface area contributed by atoms with Crippen molar-refractivity contribution in [3.05, 3.63) is 96.6 Å². The number of benzene rings is 3. The molecule has 5 atom stereocenters. The number of Topliss-reactive ketones (excluding diaryl/α,β-unsaturated/α-hetero) is 1. The molecule has 3 aromatic rings. The van der Waals surface area contributed by atoms with Crippen molar-refractivity contribution in [2.24, 2.45) is 5.92 Å². The van der Waals surface area contributed by atoms with Crippen molar-refractivity contribution in [2.75, 3.05) is 6.54 Å². The average Bonchev–Trinajstić information content (AvgIpc) is 3.75.